The second-order valence-electron chi connectivity index (χ2n) is 8.79. The Kier molecular flexibility index (Phi) is 7.71. The van der Waals surface area contributed by atoms with Crippen LogP contribution in [0.3, 0.4) is 0 Å². The molecule has 2 aliphatic rings. The monoisotopic (exact) mass is 396 g/mol. The quantitative estimate of drug-likeness (QED) is 0.266. The predicted molar refractivity (Wildman–Crippen MR) is 101 cm³/mol. The number of imide groups is 1. The van der Waals surface area contributed by atoms with Gasteiger partial charge in [0.2, 0.25) is 6.41 Å². The van der Waals surface area contributed by atoms with Crippen molar-refractivity contribution in [2.24, 2.45) is 23.5 Å². The molecular weight excluding hydrogens is 362 g/mol. The fraction of sp³-hybridized carbons (Fsp3) is 0.800. The molecule has 1 heterocycles. The van der Waals surface area contributed by atoms with Crippen molar-refractivity contribution >= 4 is 24.1 Å². The first-order chi connectivity index (χ1) is 13.2. The van der Waals surface area contributed by atoms with Crippen LogP contribution < -0.4 is 5.73 Å². The molecule has 1 aliphatic carbocycles. The average molecular weight is 397 g/mol. The number of amides is 4. The third-order valence-electron chi connectivity index (χ3n) is 6.24. The first kappa shape index (κ1) is 22.5. The van der Waals surface area contributed by atoms with Gasteiger partial charge in [-0.3, -0.25) is 14.8 Å². The number of hydrogen-bond donors (Lipinski definition) is 2. The highest BCUT2D eigenvalue weighted by Crippen LogP contribution is 2.36. The van der Waals surface area contributed by atoms with Crippen molar-refractivity contribution in [3.8, 4) is 0 Å². The number of carbonyl (C=O) groups excluding carboxylic acids is 4. The Morgan fingerprint density at radius 1 is 1.18 bits per heavy atom. The van der Waals surface area contributed by atoms with Gasteiger partial charge >= 0.3 is 11.8 Å². The highest BCUT2D eigenvalue weighted by atomic mass is 16.5. The Morgan fingerprint density at radius 2 is 1.82 bits per heavy atom. The molecule has 8 heteroatoms. The molecular formula is C20H34N3O5+. The molecule has 1 saturated heterocycles. The van der Waals surface area contributed by atoms with E-state index in [1.807, 2.05) is 13.8 Å². The van der Waals surface area contributed by atoms with Crippen LogP contribution in [0.2, 0.25) is 0 Å². The van der Waals surface area contributed by atoms with E-state index in [2.05, 4.69) is 0 Å². The number of carbonyl (C=O) groups is 4. The first-order valence-electron chi connectivity index (χ1n) is 10.4. The Labute approximate surface area is 166 Å². The highest BCUT2D eigenvalue weighted by molar-refractivity contribution is 5.92. The van der Waals surface area contributed by atoms with Crippen LogP contribution >= 0.6 is 0 Å². The Morgan fingerprint density at radius 3 is 2.36 bits per heavy atom. The molecule has 1 saturated carbocycles. The van der Waals surface area contributed by atoms with Crippen LogP contribution in [0.15, 0.2) is 0 Å². The summed E-state index contributed by atoms with van der Waals surface area (Å²) in [7, 11) is 0. The van der Waals surface area contributed by atoms with Crippen molar-refractivity contribution < 1.29 is 28.9 Å². The fourth-order valence-electron chi connectivity index (χ4n) is 4.96. The van der Waals surface area contributed by atoms with E-state index in [1.165, 1.54) is 0 Å². The molecule has 1 unspecified atom stereocenters. The second-order valence-corrected chi connectivity index (χ2v) is 8.79. The molecule has 0 spiro atoms. The Bertz CT molecular complexity index is 603. The van der Waals surface area contributed by atoms with Gasteiger partial charge in [-0.2, -0.15) is 4.48 Å². The highest BCUT2D eigenvalue weighted by Gasteiger charge is 2.58. The van der Waals surface area contributed by atoms with Crippen LogP contribution in [0, 0.1) is 17.8 Å². The smallest absolute Gasteiger partial charge is 0.326 e. The van der Waals surface area contributed by atoms with E-state index in [0.29, 0.717) is 30.2 Å². The number of primary amides is 1. The van der Waals surface area contributed by atoms with Crippen molar-refractivity contribution in [2.75, 3.05) is 13.1 Å². The van der Waals surface area contributed by atoms with Gasteiger partial charge in [-0.15, -0.1) is 0 Å². The summed E-state index contributed by atoms with van der Waals surface area (Å²) in [5, 5.41) is 10.2. The van der Waals surface area contributed by atoms with Gasteiger partial charge in [-0.1, -0.05) is 39.5 Å². The summed E-state index contributed by atoms with van der Waals surface area (Å²) in [6.07, 6.45) is 6.10. The van der Waals surface area contributed by atoms with E-state index in [-0.39, 0.29) is 43.7 Å². The topological polar surface area (TPSA) is 118 Å². The number of hydrogen-bond acceptors (Lipinski definition) is 5. The van der Waals surface area contributed by atoms with Gasteiger partial charge in [0, 0.05) is 12.8 Å². The molecule has 3 N–H and O–H groups in total. The van der Waals surface area contributed by atoms with Crippen LogP contribution in [0.25, 0.3) is 0 Å². The maximum Gasteiger partial charge on any atom is 0.326 e. The molecule has 0 bridgehead atoms. The summed E-state index contributed by atoms with van der Waals surface area (Å²) >= 11 is 0. The number of hydroxylamine groups is 2. The summed E-state index contributed by atoms with van der Waals surface area (Å²) in [5.74, 6) is -1.63. The predicted octanol–water partition coefficient (Wildman–Crippen LogP) is 1.59. The van der Waals surface area contributed by atoms with Crippen LogP contribution in [0.4, 0.5) is 0 Å². The largest absolute Gasteiger partial charge is 0.364 e. The van der Waals surface area contributed by atoms with E-state index in [4.69, 9.17) is 5.73 Å². The summed E-state index contributed by atoms with van der Waals surface area (Å²) in [6, 6.07) is -0.867. The SMILES string of the molecule is CC(C)CC(=O)[N+]1(C(=O)[C@@H](CC2CCCC2)CN(O)C=O)CCC[C@H]1C(N)=O. The van der Waals surface area contributed by atoms with Crippen LogP contribution in [0.1, 0.15) is 65.2 Å². The van der Waals surface area contributed by atoms with Crippen molar-refractivity contribution in [1.82, 2.24) is 5.06 Å². The van der Waals surface area contributed by atoms with Gasteiger partial charge in [0.25, 0.3) is 5.91 Å². The van der Waals surface area contributed by atoms with Crippen molar-refractivity contribution in [2.45, 2.75) is 71.3 Å². The van der Waals surface area contributed by atoms with Crippen molar-refractivity contribution in [3.05, 3.63) is 0 Å². The van der Waals surface area contributed by atoms with Crippen LogP contribution in [-0.2, 0) is 19.2 Å². The lowest BCUT2D eigenvalue weighted by atomic mass is 9.90. The number of likely N-dealkylation sites (tertiary alicyclic amines) is 1. The zero-order valence-corrected chi connectivity index (χ0v) is 17.0. The van der Waals surface area contributed by atoms with Gasteiger partial charge in [0.1, 0.15) is 0 Å². The first-order valence-corrected chi connectivity index (χ1v) is 10.4. The van der Waals surface area contributed by atoms with Gasteiger partial charge < -0.3 is 5.73 Å². The number of nitrogens with zero attached hydrogens (tertiary/aromatic N) is 2. The molecule has 3 atom stereocenters. The lowest BCUT2D eigenvalue weighted by Crippen LogP contribution is -2.66. The molecule has 0 aromatic heterocycles. The third-order valence-corrected chi connectivity index (χ3v) is 6.24. The molecule has 158 valence electrons. The second kappa shape index (κ2) is 9.60. The molecule has 1 aliphatic heterocycles. The molecule has 4 amide bonds. The third kappa shape index (κ3) is 4.78. The van der Waals surface area contributed by atoms with E-state index < -0.39 is 22.3 Å². The molecule has 0 aromatic carbocycles. The maximum absolute atomic E-state index is 13.7. The van der Waals surface area contributed by atoms with E-state index >= 15 is 0 Å². The molecule has 2 rings (SSSR count). The van der Waals surface area contributed by atoms with E-state index in [9.17, 15) is 24.4 Å². The minimum atomic E-state index is -0.867. The minimum Gasteiger partial charge on any atom is -0.364 e. The standard InChI is InChI=1S/C20H33N3O5/c1-14(2)10-18(25)23(9-5-8-17(23)19(21)26)20(27)16(12-22(28)13-24)11-15-6-3-4-7-15/h13-17,28H,3-12H2,1-2H3,(H-,21,26)/p+1/t16-,17-,23?/m0/s1. The Balaban J connectivity index is 2.38. The fourth-order valence-corrected chi connectivity index (χ4v) is 4.96. The van der Waals surface area contributed by atoms with Crippen LogP contribution in [0.5, 0.6) is 0 Å². The number of nitrogens with two attached hydrogens (primary N) is 1. The normalized spacial score (nSPS) is 26.4. The van der Waals surface area contributed by atoms with Gasteiger partial charge in [-0.05, 0) is 18.3 Å². The van der Waals surface area contributed by atoms with Gasteiger partial charge in [0.15, 0.2) is 6.04 Å². The molecule has 2 fully saturated rings. The van der Waals surface area contributed by atoms with Gasteiger partial charge in [-0.25, -0.2) is 14.7 Å². The summed E-state index contributed by atoms with van der Waals surface area (Å²) in [5.41, 5.74) is 5.60. The lowest BCUT2D eigenvalue weighted by Gasteiger charge is -2.37. The van der Waals surface area contributed by atoms with E-state index in [1.54, 1.807) is 0 Å². The minimum absolute atomic E-state index is 0.0435. The zero-order chi connectivity index (χ0) is 20.9. The number of rotatable bonds is 9. The van der Waals surface area contributed by atoms with Crippen LogP contribution in [-0.4, -0.2) is 58.0 Å². The zero-order valence-electron chi connectivity index (χ0n) is 17.0. The average Bonchev–Trinajstić information content (AvgIpc) is 3.29. The van der Waals surface area contributed by atoms with Gasteiger partial charge in [0.05, 0.1) is 25.4 Å². The summed E-state index contributed by atoms with van der Waals surface area (Å²) < 4.78 is -0.558. The Hall–Kier alpha value is -1.80. The molecule has 8 nitrogen and oxygen atoms in total. The van der Waals surface area contributed by atoms with Crippen molar-refractivity contribution in [3.63, 3.8) is 0 Å². The van der Waals surface area contributed by atoms with Crippen molar-refractivity contribution in [1.29, 1.82) is 0 Å². The maximum atomic E-state index is 13.7. The number of quaternary nitrogens is 1. The summed E-state index contributed by atoms with van der Waals surface area (Å²) in [6.45, 7) is 3.88. The van der Waals surface area contributed by atoms with E-state index in [0.717, 1.165) is 25.7 Å². The molecule has 0 radical (unpaired) electrons. The summed E-state index contributed by atoms with van der Waals surface area (Å²) in [4.78, 5) is 50.1. The molecule has 0 aromatic rings. The lowest BCUT2D eigenvalue weighted by molar-refractivity contribution is -0.784. The molecule has 28 heavy (non-hydrogen) atoms.